The standard InChI is InChI=1S/C25H28ClN5O3/c1-6-19(31(5)23(32)16-30(3)4)13-11-17(2)24(33)28-21-10-8-7-9-20(21)25(34)29-22-14-12-18(26)15-27-22/h6-15H,1,16H2,2-5H3,(H,28,33)(H,27,29,34)/b17-11+,19-13+. The van der Waals surface area contributed by atoms with E-state index in [1.165, 1.54) is 11.1 Å². The first-order valence-electron chi connectivity index (χ1n) is 10.4. The normalized spacial score (nSPS) is 11.7. The van der Waals surface area contributed by atoms with Gasteiger partial charge in [0.05, 0.1) is 22.8 Å². The largest absolute Gasteiger partial charge is 0.322 e. The number of para-hydroxylation sites is 1. The lowest BCUT2D eigenvalue weighted by Gasteiger charge is -2.20. The molecular formula is C25H28ClN5O3. The number of aromatic nitrogens is 1. The van der Waals surface area contributed by atoms with Crippen LogP contribution in [0, 0.1) is 0 Å². The Hall–Kier alpha value is -3.75. The highest BCUT2D eigenvalue weighted by Gasteiger charge is 2.15. The average Bonchev–Trinajstić information content (AvgIpc) is 2.80. The van der Waals surface area contributed by atoms with Crippen molar-refractivity contribution in [1.82, 2.24) is 14.8 Å². The monoisotopic (exact) mass is 481 g/mol. The lowest BCUT2D eigenvalue weighted by atomic mass is 10.1. The van der Waals surface area contributed by atoms with Gasteiger partial charge in [-0.05, 0) is 57.4 Å². The van der Waals surface area contributed by atoms with Gasteiger partial charge < -0.3 is 20.4 Å². The van der Waals surface area contributed by atoms with E-state index < -0.39 is 11.8 Å². The van der Waals surface area contributed by atoms with E-state index in [2.05, 4.69) is 22.2 Å². The molecule has 0 aliphatic heterocycles. The van der Waals surface area contributed by atoms with Crippen LogP contribution in [0.3, 0.4) is 0 Å². The fourth-order valence-electron chi connectivity index (χ4n) is 2.77. The van der Waals surface area contributed by atoms with Crippen molar-refractivity contribution in [2.75, 3.05) is 38.3 Å². The molecule has 9 heteroatoms. The van der Waals surface area contributed by atoms with Crippen molar-refractivity contribution in [3.8, 4) is 0 Å². The van der Waals surface area contributed by atoms with Crippen LogP contribution in [0.25, 0.3) is 0 Å². The average molecular weight is 482 g/mol. The van der Waals surface area contributed by atoms with E-state index >= 15 is 0 Å². The van der Waals surface area contributed by atoms with Crippen LogP contribution in [0.5, 0.6) is 0 Å². The molecule has 0 bridgehead atoms. The molecule has 3 amide bonds. The first-order chi connectivity index (χ1) is 16.1. The summed E-state index contributed by atoms with van der Waals surface area (Å²) in [6.45, 7) is 5.62. The fourth-order valence-corrected chi connectivity index (χ4v) is 2.88. The van der Waals surface area contributed by atoms with E-state index in [-0.39, 0.29) is 18.0 Å². The Morgan fingerprint density at radius 2 is 1.76 bits per heavy atom. The van der Waals surface area contributed by atoms with Gasteiger partial charge in [-0.15, -0.1) is 0 Å². The zero-order valence-electron chi connectivity index (χ0n) is 19.6. The predicted octanol–water partition coefficient (Wildman–Crippen LogP) is 3.96. The number of benzene rings is 1. The molecule has 1 heterocycles. The maximum Gasteiger partial charge on any atom is 0.258 e. The molecule has 0 atom stereocenters. The lowest BCUT2D eigenvalue weighted by Crippen LogP contribution is -2.34. The number of amides is 3. The minimum Gasteiger partial charge on any atom is -0.322 e. The predicted molar refractivity (Wildman–Crippen MR) is 136 cm³/mol. The Bertz CT molecular complexity index is 1120. The van der Waals surface area contributed by atoms with Gasteiger partial charge in [0.1, 0.15) is 5.82 Å². The third kappa shape index (κ3) is 7.68. The molecule has 0 spiro atoms. The van der Waals surface area contributed by atoms with E-state index in [0.29, 0.717) is 27.8 Å². The van der Waals surface area contributed by atoms with E-state index in [0.717, 1.165) is 0 Å². The Kier molecular flexibility index (Phi) is 9.73. The van der Waals surface area contributed by atoms with Crippen LogP contribution in [-0.2, 0) is 9.59 Å². The molecule has 0 saturated heterocycles. The van der Waals surface area contributed by atoms with Crippen LogP contribution in [0.15, 0.2) is 78.7 Å². The quantitative estimate of drug-likeness (QED) is 0.417. The molecule has 1 aromatic heterocycles. The van der Waals surface area contributed by atoms with Gasteiger partial charge in [0, 0.05) is 24.5 Å². The molecule has 0 aliphatic carbocycles. The van der Waals surface area contributed by atoms with Crippen molar-refractivity contribution in [2.45, 2.75) is 6.92 Å². The Morgan fingerprint density at radius 3 is 2.38 bits per heavy atom. The number of rotatable bonds is 9. The SMILES string of the molecule is C=C/C(=C\C=C(/C)C(=O)Nc1ccccc1C(=O)Nc1ccc(Cl)cn1)N(C)C(=O)CN(C)C. The van der Waals surface area contributed by atoms with Crippen LogP contribution in [0.2, 0.25) is 5.02 Å². The number of allylic oxidation sites excluding steroid dienone is 3. The van der Waals surface area contributed by atoms with E-state index in [4.69, 9.17) is 11.6 Å². The Labute approximate surface area is 204 Å². The third-order valence-corrected chi connectivity index (χ3v) is 4.90. The summed E-state index contributed by atoms with van der Waals surface area (Å²) in [6, 6.07) is 9.84. The van der Waals surface area contributed by atoms with Gasteiger partial charge in [0.2, 0.25) is 5.91 Å². The lowest BCUT2D eigenvalue weighted by molar-refractivity contribution is -0.128. The third-order valence-electron chi connectivity index (χ3n) is 4.67. The highest BCUT2D eigenvalue weighted by molar-refractivity contribution is 6.30. The maximum atomic E-state index is 12.8. The summed E-state index contributed by atoms with van der Waals surface area (Å²) in [5, 5.41) is 5.88. The smallest absolute Gasteiger partial charge is 0.258 e. The van der Waals surface area contributed by atoms with Gasteiger partial charge in [-0.1, -0.05) is 36.4 Å². The molecule has 8 nitrogen and oxygen atoms in total. The molecule has 2 rings (SSSR count). The summed E-state index contributed by atoms with van der Waals surface area (Å²) in [4.78, 5) is 45.0. The Morgan fingerprint density at radius 1 is 1.06 bits per heavy atom. The summed E-state index contributed by atoms with van der Waals surface area (Å²) >= 11 is 5.83. The highest BCUT2D eigenvalue weighted by atomic mass is 35.5. The number of carbonyl (C=O) groups excluding carboxylic acids is 3. The first kappa shape index (κ1) is 26.5. The second kappa shape index (κ2) is 12.5. The molecule has 2 aromatic rings. The molecule has 0 unspecified atom stereocenters. The fraction of sp³-hybridized carbons (Fsp3) is 0.200. The van der Waals surface area contributed by atoms with Crippen molar-refractivity contribution < 1.29 is 14.4 Å². The van der Waals surface area contributed by atoms with Crippen LogP contribution < -0.4 is 10.6 Å². The number of anilines is 2. The van der Waals surface area contributed by atoms with Crippen LogP contribution in [0.4, 0.5) is 11.5 Å². The van der Waals surface area contributed by atoms with E-state index in [1.54, 1.807) is 73.5 Å². The zero-order valence-corrected chi connectivity index (χ0v) is 20.4. The van der Waals surface area contributed by atoms with Gasteiger partial charge in [-0.3, -0.25) is 14.4 Å². The van der Waals surface area contributed by atoms with Gasteiger partial charge in [0.25, 0.3) is 11.8 Å². The second-order valence-corrected chi connectivity index (χ2v) is 8.09. The molecule has 0 aliphatic rings. The maximum absolute atomic E-state index is 12.8. The number of likely N-dealkylation sites (N-methyl/N-ethyl adjacent to an activating group) is 2. The molecule has 178 valence electrons. The number of pyridine rings is 1. The van der Waals surface area contributed by atoms with Crippen molar-refractivity contribution in [1.29, 1.82) is 0 Å². The van der Waals surface area contributed by atoms with Gasteiger partial charge in [0.15, 0.2) is 0 Å². The summed E-state index contributed by atoms with van der Waals surface area (Å²) in [5.74, 6) is -0.600. The molecule has 0 saturated carbocycles. The molecular weight excluding hydrogens is 454 g/mol. The van der Waals surface area contributed by atoms with E-state index in [9.17, 15) is 14.4 Å². The topological polar surface area (TPSA) is 94.6 Å². The molecule has 2 N–H and O–H groups in total. The number of carbonyl (C=O) groups is 3. The first-order valence-corrected chi connectivity index (χ1v) is 10.8. The minimum absolute atomic E-state index is 0.109. The van der Waals surface area contributed by atoms with Crippen LogP contribution in [0.1, 0.15) is 17.3 Å². The van der Waals surface area contributed by atoms with Crippen LogP contribution >= 0.6 is 11.6 Å². The molecule has 0 fully saturated rings. The Balaban J connectivity index is 2.15. The number of halogens is 1. The van der Waals surface area contributed by atoms with Crippen molar-refractivity contribution in [3.63, 3.8) is 0 Å². The van der Waals surface area contributed by atoms with E-state index in [1.807, 2.05) is 14.1 Å². The van der Waals surface area contributed by atoms with Gasteiger partial charge in [-0.2, -0.15) is 0 Å². The summed E-state index contributed by atoms with van der Waals surface area (Å²) in [7, 11) is 5.26. The number of hydrogen-bond donors (Lipinski definition) is 2. The van der Waals surface area contributed by atoms with Crippen molar-refractivity contribution >= 4 is 40.8 Å². The summed E-state index contributed by atoms with van der Waals surface area (Å²) in [6.07, 6.45) is 6.20. The number of nitrogens with one attached hydrogen (secondary N) is 2. The highest BCUT2D eigenvalue weighted by Crippen LogP contribution is 2.18. The molecule has 34 heavy (non-hydrogen) atoms. The van der Waals surface area contributed by atoms with Crippen molar-refractivity contribution in [3.05, 3.63) is 89.3 Å². The summed E-state index contributed by atoms with van der Waals surface area (Å²) in [5.41, 5.74) is 1.55. The number of hydrogen-bond acceptors (Lipinski definition) is 5. The second-order valence-electron chi connectivity index (χ2n) is 7.65. The van der Waals surface area contributed by atoms with Crippen molar-refractivity contribution in [2.24, 2.45) is 0 Å². The molecule has 1 aromatic carbocycles. The molecule has 0 radical (unpaired) electrons. The zero-order chi connectivity index (χ0) is 25.3. The van der Waals surface area contributed by atoms with Crippen LogP contribution in [-0.4, -0.2) is 60.2 Å². The van der Waals surface area contributed by atoms with Gasteiger partial charge >= 0.3 is 0 Å². The number of nitrogens with zero attached hydrogens (tertiary/aromatic N) is 3. The summed E-state index contributed by atoms with van der Waals surface area (Å²) < 4.78 is 0. The minimum atomic E-state index is -0.428. The van der Waals surface area contributed by atoms with Gasteiger partial charge in [-0.25, -0.2) is 4.98 Å².